The molecule has 0 fully saturated rings. The van der Waals surface area contributed by atoms with E-state index in [1.54, 1.807) is 27.9 Å². The Bertz CT molecular complexity index is 878. The first-order valence-corrected chi connectivity index (χ1v) is 8.82. The van der Waals surface area contributed by atoms with Crippen LogP contribution >= 0.6 is 23.6 Å². The van der Waals surface area contributed by atoms with E-state index in [1.165, 1.54) is 5.56 Å². The second-order valence-corrected chi connectivity index (χ2v) is 7.05. The Kier molecular flexibility index (Phi) is 4.92. The van der Waals surface area contributed by atoms with E-state index >= 15 is 0 Å². The minimum atomic E-state index is -0.00531. The minimum Gasteiger partial charge on any atom is -0.339 e. The van der Waals surface area contributed by atoms with E-state index in [2.05, 4.69) is 10.2 Å². The van der Waals surface area contributed by atoms with Crippen LogP contribution in [0.4, 0.5) is 0 Å². The molecule has 0 saturated heterocycles. The van der Waals surface area contributed by atoms with Crippen LogP contribution in [-0.2, 0) is 17.9 Å². The minimum absolute atomic E-state index is 0.00531. The fourth-order valence-corrected chi connectivity index (χ4v) is 3.32. The topological polar surface area (TPSA) is 53.9 Å². The molecule has 24 heavy (non-hydrogen) atoms. The van der Waals surface area contributed by atoms with E-state index in [4.69, 9.17) is 12.2 Å². The maximum atomic E-state index is 12.5. The summed E-state index contributed by atoms with van der Waals surface area (Å²) < 4.78 is 2.19. The van der Waals surface area contributed by atoms with Gasteiger partial charge in [0.1, 0.15) is 6.54 Å². The smallest absolute Gasteiger partial charge is 0.242 e. The molecule has 0 bridgehead atoms. The first-order chi connectivity index (χ1) is 11.5. The maximum absolute atomic E-state index is 12.5. The standard InChI is InChI=1S/C17H18N4OS2/c1-12-5-7-13(8-6-12)16-18-19-17(23)21(16)11-15(22)20(2)10-14-4-3-9-24-14/h3-9H,10-11H2,1-2H3,(H,19,23). The average Bonchev–Trinajstić information content (AvgIpc) is 3.19. The van der Waals surface area contributed by atoms with Gasteiger partial charge in [-0.05, 0) is 30.6 Å². The number of H-pyrrole nitrogens is 1. The molecule has 0 spiro atoms. The first-order valence-electron chi connectivity index (χ1n) is 7.53. The highest BCUT2D eigenvalue weighted by molar-refractivity contribution is 7.71. The molecule has 1 N–H and O–H groups in total. The van der Waals surface area contributed by atoms with Gasteiger partial charge in [0.15, 0.2) is 10.6 Å². The monoisotopic (exact) mass is 358 g/mol. The fourth-order valence-electron chi connectivity index (χ4n) is 2.37. The molecular weight excluding hydrogens is 340 g/mol. The molecule has 0 atom stereocenters. The zero-order chi connectivity index (χ0) is 17.1. The van der Waals surface area contributed by atoms with Gasteiger partial charge in [0.05, 0.1) is 6.54 Å². The number of benzene rings is 1. The highest BCUT2D eigenvalue weighted by atomic mass is 32.1. The van der Waals surface area contributed by atoms with Crippen molar-refractivity contribution >= 4 is 29.5 Å². The van der Waals surface area contributed by atoms with Gasteiger partial charge < -0.3 is 4.90 Å². The summed E-state index contributed by atoms with van der Waals surface area (Å²) >= 11 is 6.94. The third-order valence-electron chi connectivity index (χ3n) is 3.76. The molecule has 3 rings (SSSR count). The van der Waals surface area contributed by atoms with Crippen molar-refractivity contribution < 1.29 is 4.79 Å². The molecule has 0 saturated carbocycles. The molecule has 3 aromatic rings. The molecule has 0 radical (unpaired) electrons. The van der Waals surface area contributed by atoms with Crippen LogP contribution in [0, 0.1) is 11.7 Å². The lowest BCUT2D eigenvalue weighted by Crippen LogP contribution is -2.29. The number of nitrogens with zero attached hydrogens (tertiary/aromatic N) is 3. The van der Waals surface area contributed by atoms with Gasteiger partial charge in [0.25, 0.3) is 0 Å². The Morgan fingerprint density at radius 1 is 1.33 bits per heavy atom. The predicted octanol–water partition coefficient (Wildman–Crippen LogP) is 3.64. The molecule has 0 aliphatic carbocycles. The SMILES string of the molecule is Cc1ccc(-c2n[nH]c(=S)n2CC(=O)N(C)Cc2cccs2)cc1. The third-order valence-corrected chi connectivity index (χ3v) is 4.93. The average molecular weight is 358 g/mol. The van der Waals surface area contributed by atoms with Crippen molar-refractivity contribution in [2.75, 3.05) is 7.05 Å². The molecule has 0 aliphatic rings. The lowest BCUT2D eigenvalue weighted by molar-refractivity contribution is -0.131. The predicted molar refractivity (Wildman–Crippen MR) is 98.4 cm³/mol. The van der Waals surface area contributed by atoms with Crippen molar-refractivity contribution in [3.63, 3.8) is 0 Å². The van der Waals surface area contributed by atoms with Crippen LogP contribution in [0.1, 0.15) is 10.4 Å². The number of rotatable bonds is 5. The number of thiophene rings is 1. The van der Waals surface area contributed by atoms with Crippen LogP contribution in [0.5, 0.6) is 0 Å². The second-order valence-electron chi connectivity index (χ2n) is 5.63. The molecule has 0 aliphatic heterocycles. The number of aromatic amines is 1. The van der Waals surface area contributed by atoms with E-state index in [0.717, 1.165) is 10.4 Å². The summed E-state index contributed by atoms with van der Waals surface area (Å²) in [7, 11) is 1.80. The number of carbonyl (C=O) groups excluding carboxylic acids is 1. The number of aryl methyl sites for hydroxylation is 1. The second kappa shape index (κ2) is 7.11. The van der Waals surface area contributed by atoms with Gasteiger partial charge in [0, 0.05) is 17.5 Å². The summed E-state index contributed by atoms with van der Waals surface area (Å²) in [4.78, 5) is 15.4. The van der Waals surface area contributed by atoms with Crippen LogP contribution in [-0.4, -0.2) is 32.6 Å². The number of carbonyl (C=O) groups is 1. The molecule has 5 nitrogen and oxygen atoms in total. The van der Waals surface area contributed by atoms with Crippen LogP contribution in [0.15, 0.2) is 41.8 Å². The van der Waals surface area contributed by atoms with Crippen LogP contribution < -0.4 is 0 Å². The Morgan fingerprint density at radius 2 is 2.08 bits per heavy atom. The lowest BCUT2D eigenvalue weighted by Gasteiger charge is -2.17. The van der Waals surface area contributed by atoms with E-state index in [-0.39, 0.29) is 12.5 Å². The van der Waals surface area contributed by atoms with Crippen LogP contribution in [0.25, 0.3) is 11.4 Å². The lowest BCUT2D eigenvalue weighted by atomic mass is 10.1. The van der Waals surface area contributed by atoms with Gasteiger partial charge in [0.2, 0.25) is 5.91 Å². The summed E-state index contributed by atoms with van der Waals surface area (Å²) in [5.41, 5.74) is 2.10. The quantitative estimate of drug-likeness (QED) is 0.709. The van der Waals surface area contributed by atoms with Crippen molar-refractivity contribution in [3.8, 4) is 11.4 Å². The fraction of sp³-hybridized carbons (Fsp3) is 0.235. The van der Waals surface area contributed by atoms with Crippen LogP contribution in [0.3, 0.4) is 0 Å². The molecule has 7 heteroatoms. The van der Waals surface area contributed by atoms with Gasteiger partial charge in [-0.25, -0.2) is 0 Å². The normalized spacial score (nSPS) is 10.8. The summed E-state index contributed by atoms with van der Waals surface area (Å²) in [6.07, 6.45) is 0. The summed E-state index contributed by atoms with van der Waals surface area (Å²) in [6, 6.07) is 12.0. The van der Waals surface area contributed by atoms with E-state index < -0.39 is 0 Å². The molecule has 1 amide bonds. The summed E-state index contributed by atoms with van der Waals surface area (Å²) in [5.74, 6) is 0.673. The van der Waals surface area contributed by atoms with Gasteiger partial charge >= 0.3 is 0 Å². The molecule has 0 unspecified atom stereocenters. The van der Waals surface area contributed by atoms with Gasteiger partial charge in [-0.3, -0.25) is 14.5 Å². The Labute approximate surface area is 149 Å². The summed E-state index contributed by atoms with van der Waals surface area (Å²) in [5, 5.41) is 9.08. The van der Waals surface area contributed by atoms with Crippen molar-refractivity contribution in [2.24, 2.45) is 0 Å². The van der Waals surface area contributed by atoms with Crippen molar-refractivity contribution in [3.05, 3.63) is 57.0 Å². The number of likely N-dealkylation sites (N-methyl/N-ethyl adjacent to an activating group) is 1. The van der Waals surface area contributed by atoms with Crippen molar-refractivity contribution in [1.29, 1.82) is 0 Å². The van der Waals surface area contributed by atoms with Gasteiger partial charge in [-0.15, -0.1) is 11.3 Å². The largest absolute Gasteiger partial charge is 0.339 e. The molecule has 2 aromatic heterocycles. The highest BCUT2D eigenvalue weighted by Crippen LogP contribution is 2.18. The molecule has 124 valence electrons. The summed E-state index contributed by atoms with van der Waals surface area (Å²) in [6.45, 7) is 2.80. The van der Waals surface area contributed by atoms with Crippen LogP contribution in [0.2, 0.25) is 0 Å². The Morgan fingerprint density at radius 3 is 2.75 bits per heavy atom. The van der Waals surface area contributed by atoms with E-state index in [1.807, 2.05) is 48.7 Å². The Balaban J connectivity index is 1.80. The number of hydrogen-bond acceptors (Lipinski definition) is 4. The van der Waals surface area contributed by atoms with Crippen molar-refractivity contribution in [1.82, 2.24) is 19.7 Å². The zero-order valence-electron chi connectivity index (χ0n) is 13.5. The first kappa shape index (κ1) is 16.6. The molecular formula is C17H18N4OS2. The van der Waals surface area contributed by atoms with Gasteiger partial charge in [-0.2, -0.15) is 5.10 Å². The molecule has 1 aromatic carbocycles. The van der Waals surface area contributed by atoms with E-state index in [9.17, 15) is 4.79 Å². The number of aromatic nitrogens is 3. The highest BCUT2D eigenvalue weighted by Gasteiger charge is 2.15. The Hall–Kier alpha value is -2.25. The molecule has 2 heterocycles. The van der Waals surface area contributed by atoms with Crippen molar-refractivity contribution in [2.45, 2.75) is 20.0 Å². The third kappa shape index (κ3) is 3.63. The zero-order valence-corrected chi connectivity index (χ0v) is 15.2. The number of nitrogens with one attached hydrogen (secondary N) is 1. The number of hydrogen-bond donors (Lipinski definition) is 1. The van der Waals surface area contributed by atoms with Gasteiger partial charge in [-0.1, -0.05) is 35.9 Å². The number of amides is 1. The van der Waals surface area contributed by atoms with E-state index in [0.29, 0.717) is 17.1 Å². The maximum Gasteiger partial charge on any atom is 0.242 e.